The van der Waals surface area contributed by atoms with Crippen LogP contribution in [0, 0.1) is 0 Å². The molecule has 0 radical (unpaired) electrons. The van der Waals surface area contributed by atoms with Gasteiger partial charge in [0, 0.05) is 17.3 Å². The van der Waals surface area contributed by atoms with Crippen LogP contribution >= 0.6 is 0 Å². The number of amides is 1. The van der Waals surface area contributed by atoms with Crippen molar-refractivity contribution < 1.29 is 19.1 Å². The second-order valence-corrected chi connectivity index (χ2v) is 6.98. The summed E-state index contributed by atoms with van der Waals surface area (Å²) in [6.45, 7) is 5.25. The Bertz CT molecular complexity index is 827. The molecule has 5 heteroatoms. The van der Waals surface area contributed by atoms with Gasteiger partial charge in [0.25, 0.3) is 0 Å². The Balaban J connectivity index is 1.86. The molecule has 1 amide bonds. The van der Waals surface area contributed by atoms with E-state index in [0.717, 1.165) is 43.4 Å². The van der Waals surface area contributed by atoms with Gasteiger partial charge in [0.15, 0.2) is 0 Å². The third kappa shape index (κ3) is 8.11. The Morgan fingerprint density at radius 1 is 0.900 bits per heavy atom. The van der Waals surface area contributed by atoms with Crippen LogP contribution in [-0.2, 0) is 9.53 Å². The van der Waals surface area contributed by atoms with Crippen LogP contribution in [0.5, 0.6) is 5.75 Å². The molecule has 0 aliphatic carbocycles. The third-order valence-corrected chi connectivity index (χ3v) is 4.41. The Morgan fingerprint density at radius 2 is 1.67 bits per heavy atom. The number of anilines is 1. The minimum atomic E-state index is -0.340. The summed E-state index contributed by atoms with van der Waals surface area (Å²) in [5.41, 5.74) is 1.93. The molecular weight excluding hydrogens is 378 g/mol. The molecule has 30 heavy (non-hydrogen) atoms. The molecule has 160 valence electrons. The summed E-state index contributed by atoms with van der Waals surface area (Å²) in [4.78, 5) is 24.3. The van der Waals surface area contributed by atoms with E-state index in [1.807, 2.05) is 31.2 Å². The first-order valence-electron chi connectivity index (χ1n) is 10.6. The second kappa shape index (κ2) is 13.2. The molecule has 0 unspecified atom stereocenters. The maximum atomic E-state index is 12.2. The highest BCUT2D eigenvalue weighted by Gasteiger charge is 2.07. The van der Waals surface area contributed by atoms with Crippen LogP contribution in [-0.4, -0.2) is 25.1 Å². The maximum Gasteiger partial charge on any atom is 0.338 e. The fraction of sp³-hybridized carbons (Fsp3) is 0.360. The topological polar surface area (TPSA) is 64.6 Å². The molecule has 0 spiro atoms. The standard InChI is InChI=1S/C25H31NO4/c1-3-5-6-9-19-30-25(28)21-12-15-22(16-13-21)26-24(27)17-14-20-10-7-8-11-23(20)29-18-4-2/h7-8,10-17H,3-6,9,18-19H2,1-2H3,(H,26,27)/b17-14+. The van der Waals surface area contributed by atoms with Gasteiger partial charge in [0.05, 0.1) is 18.8 Å². The minimum Gasteiger partial charge on any atom is -0.493 e. The van der Waals surface area contributed by atoms with Crippen molar-refractivity contribution in [1.29, 1.82) is 0 Å². The first-order chi connectivity index (χ1) is 14.6. The van der Waals surface area contributed by atoms with E-state index >= 15 is 0 Å². The van der Waals surface area contributed by atoms with E-state index in [1.165, 1.54) is 6.08 Å². The van der Waals surface area contributed by atoms with E-state index in [-0.39, 0.29) is 11.9 Å². The largest absolute Gasteiger partial charge is 0.493 e. The Morgan fingerprint density at radius 3 is 2.40 bits per heavy atom. The normalized spacial score (nSPS) is 10.7. The van der Waals surface area contributed by atoms with Crippen LogP contribution in [0.1, 0.15) is 61.9 Å². The van der Waals surface area contributed by atoms with Crippen molar-refractivity contribution in [1.82, 2.24) is 0 Å². The van der Waals surface area contributed by atoms with Crippen molar-refractivity contribution in [3.05, 3.63) is 65.7 Å². The fourth-order valence-electron chi connectivity index (χ4n) is 2.78. The Hall–Kier alpha value is -3.08. The number of benzene rings is 2. The molecule has 0 saturated carbocycles. The molecule has 5 nitrogen and oxygen atoms in total. The summed E-state index contributed by atoms with van der Waals surface area (Å²) in [6.07, 6.45) is 8.36. The van der Waals surface area contributed by atoms with Gasteiger partial charge >= 0.3 is 5.97 Å². The molecule has 0 atom stereocenters. The summed E-state index contributed by atoms with van der Waals surface area (Å²) in [5.74, 6) is 0.153. The molecule has 2 rings (SSSR count). The van der Waals surface area contributed by atoms with Gasteiger partial charge in [-0.1, -0.05) is 51.3 Å². The lowest BCUT2D eigenvalue weighted by molar-refractivity contribution is -0.111. The lowest BCUT2D eigenvalue weighted by atomic mass is 10.2. The zero-order chi connectivity index (χ0) is 21.6. The zero-order valence-corrected chi connectivity index (χ0v) is 17.9. The molecule has 0 saturated heterocycles. The number of hydrogen-bond donors (Lipinski definition) is 1. The number of carbonyl (C=O) groups excluding carboxylic acids is 2. The van der Waals surface area contributed by atoms with Crippen LogP contribution < -0.4 is 10.1 Å². The highest BCUT2D eigenvalue weighted by atomic mass is 16.5. The van der Waals surface area contributed by atoms with Gasteiger partial charge < -0.3 is 14.8 Å². The highest BCUT2D eigenvalue weighted by Crippen LogP contribution is 2.20. The first kappa shape index (κ1) is 23.2. The first-order valence-corrected chi connectivity index (χ1v) is 10.6. The predicted molar refractivity (Wildman–Crippen MR) is 121 cm³/mol. The average Bonchev–Trinajstić information content (AvgIpc) is 2.77. The van der Waals surface area contributed by atoms with Crippen LogP contribution in [0.25, 0.3) is 6.08 Å². The Labute approximate surface area is 179 Å². The quantitative estimate of drug-likeness (QED) is 0.271. The van der Waals surface area contributed by atoms with E-state index in [4.69, 9.17) is 9.47 Å². The molecular formula is C25H31NO4. The number of rotatable bonds is 12. The van der Waals surface area contributed by atoms with Gasteiger partial charge in [-0.05, 0) is 49.2 Å². The summed E-state index contributed by atoms with van der Waals surface area (Å²) in [7, 11) is 0. The number of carbonyl (C=O) groups is 2. The smallest absolute Gasteiger partial charge is 0.338 e. The molecule has 0 fully saturated rings. The van der Waals surface area contributed by atoms with Crippen LogP contribution in [0.4, 0.5) is 5.69 Å². The van der Waals surface area contributed by atoms with E-state index in [0.29, 0.717) is 24.5 Å². The van der Waals surface area contributed by atoms with Crippen molar-refractivity contribution in [2.75, 3.05) is 18.5 Å². The minimum absolute atomic E-state index is 0.258. The number of hydrogen-bond acceptors (Lipinski definition) is 4. The predicted octanol–water partition coefficient (Wildman–Crippen LogP) is 5.86. The molecule has 1 N–H and O–H groups in total. The number of nitrogens with one attached hydrogen (secondary N) is 1. The van der Waals surface area contributed by atoms with E-state index in [9.17, 15) is 9.59 Å². The second-order valence-electron chi connectivity index (χ2n) is 6.98. The molecule has 2 aromatic rings. The third-order valence-electron chi connectivity index (χ3n) is 4.41. The van der Waals surface area contributed by atoms with Crippen molar-refractivity contribution in [2.24, 2.45) is 0 Å². The van der Waals surface area contributed by atoms with Gasteiger partial charge in [0.2, 0.25) is 5.91 Å². The van der Waals surface area contributed by atoms with Crippen molar-refractivity contribution in [3.63, 3.8) is 0 Å². The summed E-state index contributed by atoms with van der Waals surface area (Å²) < 4.78 is 11.0. The van der Waals surface area contributed by atoms with Crippen LogP contribution in [0.3, 0.4) is 0 Å². The summed E-state index contributed by atoms with van der Waals surface area (Å²) in [5, 5.41) is 2.79. The van der Waals surface area contributed by atoms with E-state index in [2.05, 4.69) is 12.2 Å². The van der Waals surface area contributed by atoms with Gasteiger partial charge in [-0.2, -0.15) is 0 Å². The lowest BCUT2D eigenvalue weighted by Gasteiger charge is -2.08. The summed E-state index contributed by atoms with van der Waals surface area (Å²) in [6, 6.07) is 14.3. The molecule has 0 heterocycles. The number of esters is 1. The molecule has 0 aromatic heterocycles. The maximum absolute atomic E-state index is 12.2. The van der Waals surface area contributed by atoms with E-state index in [1.54, 1.807) is 30.3 Å². The van der Waals surface area contributed by atoms with Crippen LogP contribution in [0.2, 0.25) is 0 Å². The van der Waals surface area contributed by atoms with Crippen molar-refractivity contribution >= 4 is 23.6 Å². The molecule has 0 aliphatic heterocycles. The van der Waals surface area contributed by atoms with Crippen molar-refractivity contribution in [3.8, 4) is 5.75 Å². The lowest BCUT2D eigenvalue weighted by Crippen LogP contribution is -2.09. The fourth-order valence-corrected chi connectivity index (χ4v) is 2.78. The number of para-hydroxylation sites is 1. The summed E-state index contributed by atoms with van der Waals surface area (Å²) >= 11 is 0. The van der Waals surface area contributed by atoms with Gasteiger partial charge in [-0.3, -0.25) is 4.79 Å². The number of ether oxygens (including phenoxy) is 2. The van der Waals surface area contributed by atoms with Gasteiger partial charge in [-0.15, -0.1) is 0 Å². The molecule has 0 bridgehead atoms. The van der Waals surface area contributed by atoms with Crippen LogP contribution in [0.15, 0.2) is 54.6 Å². The molecule has 2 aromatic carbocycles. The Kier molecular flexibility index (Phi) is 10.2. The van der Waals surface area contributed by atoms with Gasteiger partial charge in [0.1, 0.15) is 5.75 Å². The van der Waals surface area contributed by atoms with Crippen molar-refractivity contribution in [2.45, 2.75) is 46.0 Å². The SMILES string of the molecule is CCCCCCOC(=O)c1ccc(NC(=O)/C=C/c2ccccc2OCCC)cc1. The highest BCUT2D eigenvalue weighted by molar-refractivity contribution is 6.02. The van der Waals surface area contributed by atoms with E-state index < -0.39 is 0 Å². The number of unbranched alkanes of at least 4 members (excludes halogenated alkanes) is 3. The zero-order valence-electron chi connectivity index (χ0n) is 17.9. The average molecular weight is 410 g/mol. The molecule has 0 aliphatic rings. The monoisotopic (exact) mass is 409 g/mol. The van der Waals surface area contributed by atoms with Gasteiger partial charge in [-0.25, -0.2) is 4.79 Å².